The van der Waals surface area contributed by atoms with Gasteiger partial charge >= 0.3 is 5.97 Å². The van der Waals surface area contributed by atoms with E-state index in [1.165, 1.54) is 0 Å². The topological polar surface area (TPSA) is 85.2 Å². The standard InChI is InChI=1S/C29H22Br2ClNO5S/c1-3-37-29(36)24-25(34)23(39-28(24)33-27(35)20-7-5-4-6-16(20)2)14-18-12-21(30)26(22(31)13-18)38-15-17-8-10-19(32)11-9-17/h4-14,34H,3,15H2,1-2H3/b23-14-,33-28?. The van der Waals surface area contributed by atoms with E-state index in [-0.39, 0.29) is 23.0 Å². The van der Waals surface area contributed by atoms with E-state index in [1.54, 1.807) is 50.3 Å². The van der Waals surface area contributed by atoms with Crippen molar-refractivity contribution in [2.24, 2.45) is 4.99 Å². The van der Waals surface area contributed by atoms with Crippen molar-refractivity contribution in [3.05, 3.63) is 113 Å². The molecule has 0 radical (unpaired) electrons. The fourth-order valence-corrected chi connectivity index (χ4v) is 6.23. The quantitative estimate of drug-likeness (QED) is 0.251. The first kappa shape index (κ1) is 29.1. The molecule has 3 aromatic rings. The monoisotopic (exact) mass is 689 g/mol. The number of aliphatic hydroxyl groups excluding tert-OH is 1. The van der Waals surface area contributed by atoms with Gasteiger partial charge in [0.25, 0.3) is 5.91 Å². The van der Waals surface area contributed by atoms with Gasteiger partial charge in [-0.25, -0.2) is 9.79 Å². The van der Waals surface area contributed by atoms with Gasteiger partial charge in [-0.2, -0.15) is 0 Å². The predicted octanol–water partition coefficient (Wildman–Crippen LogP) is 8.45. The molecule has 0 saturated carbocycles. The number of rotatable bonds is 7. The van der Waals surface area contributed by atoms with Crippen molar-refractivity contribution in [1.29, 1.82) is 0 Å². The van der Waals surface area contributed by atoms with Gasteiger partial charge < -0.3 is 14.6 Å². The van der Waals surface area contributed by atoms with E-state index in [2.05, 4.69) is 36.9 Å². The number of hydrogen-bond donors (Lipinski definition) is 1. The maximum atomic E-state index is 12.9. The first-order chi connectivity index (χ1) is 18.7. The molecule has 1 heterocycles. The maximum absolute atomic E-state index is 12.9. The summed E-state index contributed by atoms with van der Waals surface area (Å²) >= 11 is 14.1. The largest absolute Gasteiger partial charge is 0.506 e. The number of aliphatic imine (C=N–C) groups is 1. The summed E-state index contributed by atoms with van der Waals surface area (Å²) in [7, 11) is 0. The van der Waals surface area contributed by atoms with Crippen LogP contribution >= 0.6 is 55.2 Å². The van der Waals surface area contributed by atoms with Gasteiger partial charge in [-0.3, -0.25) is 4.79 Å². The van der Waals surface area contributed by atoms with E-state index in [9.17, 15) is 14.7 Å². The third kappa shape index (κ3) is 7.03. The normalized spacial score (nSPS) is 15.2. The lowest BCUT2D eigenvalue weighted by atomic mass is 10.1. The van der Waals surface area contributed by atoms with Crippen LogP contribution in [-0.4, -0.2) is 28.6 Å². The van der Waals surface area contributed by atoms with Crippen LogP contribution in [0.2, 0.25) is 5.02 Å². The zero-order valence-electron chi connectivity index (χ0n) is 20.8. The summed E-state index contributed by atoms with van der Waals surface area (Å²) in [6, 6.07) is 18.1. The second kappa shape index (κ2) is 13.0. The van der Waals surface area contributed by atoms with Crippen molar-refractivity contribution in [3.63, 3.8) is 0 Å². The average Bonchev–Trinajstić information content (AvgIpc) is 3.19. The number of thioether (sulfide) groups is 1. The Bertz CT molecular complexity index is 1510. The van der Waals surface area contributed by atoms with Gasteiger partial charge in [0.15, 0.2) is 0 Å². The molecular weight excluding hydrogens is 670 g/mol. The van der Waals surface area contributed by atoms with E-state index in [0.29, 0.717) is 42.4 Å². The number of amides is 1. The van der Waals surface area contributed by atoms with Crippen LogP contribution in [0.3, 0.4) is 0 Å². The molecule has 0 unspecified atom stereocenters. The lowest BCUT2D eigenvalue weighted by molar-refractivity contribution is -0.138. The zero-order valence-corrected chi connectivity index (χ0v) is 25.6. The van der Waals surface area contributed by atoms with Gasteiger partial charge in [-0.05, 0) is 98.8 Å². The van der Waals surface area contributed by atoms with E-state index >= 15 is 0 Å². The second-order valence-electron chi connectivity index (χ2n) is 8.32. The first-order valence-electron chi connectivity index (χ1n) is 11.7. The molecule has 0 atom stereocenters. The van der Waals surface area contributed by atoms with Crippen molar-refractivity contribution in [2.75, 3.05) is 6.61 Å². The van der Waals surface area contributed by atoms with Crippen LogP contribution in [0.1, 0.15) is 34.0 Å². The Morgan fingerprint density at radius 3 is 2.38 bits per heavy atom. The van der Waals surface area contributed by atoms with Crippen LogP contribution in [0.4, 0.5) is 0 Å². The van der Waals surface area contributed by atoms with Crippen molar-refractivity contribution in [3.8, 4) is 5.75 Å². The number of benzene rings is 3. The molecule has 200 valence electrons. The highest BCUT2D eigenvalue weighted by Gasteiger charge is 2.34. The van der Waals surface area contributed by atoms with Crippen molar-refractivity contribution in [2.45, 2.75) is 20.5 Å². The molecule has 1 amide bonds. The lowest BCUT2D eigenvalue weighted by Gasteiger charge is -2.12. The SMILES string of the molecule is CCOC(=O)C1=C(O)/C(=C/c2cc(Br)c(OCc3ccc(Cl)cc3)c(Br)c2)SC1=NC(=O)c1ccccc1C. The van der Waals surface area contributed by atoms with Crippen LogP contribution in [0.5, 0.6) is 5.75 Å². The summed E-state index contributed by atoms with van der Waals surface area (Å²) < 4.78 is 12.5. The maximum Gasteiger partial charge on any atom is 0.344 e. The number of nitrogens with zero attached hydrogens (tertiary/aromatic N) is 1. The summed E-state index contributed by atoms with van der Waals surface area (Å²) in [5.74, 6) is -0.969. The van der Waals surface area contributed by atoms with Crippen LogP contribution < -0.4 is 4.74 Å². The number of ether oxygens (including phenoxy) is 2. The number of aliphatic hydroxyl groups is 1. The molecule has 0 fully saturated rings. The minimum absolute atomic E-state index is 0.0755. The molecule has 4 rings (SSSR count). The Labute approximate surface area is 252 Å². The minimum Gasteiger partial charge on any atom is -0.506 e. The summed E-state index contributed by atoms with van der Waals surface area (Å²) in [6.45, 7) is 3.91. The molecule has 0 aromatic heterocycles. The Morgan fingerprint density at radius 2 is 1.74 bits per heavy atom. The molecule has 0 saturated heterocycles. The smallest absolute Gasteiger partial charge is 0.344 e. The molecule has 39 heavy (non-hydrogen) atoms. The van der Waals surface area contributed by atoms with Crippen molar-refractivity contribution < 1.29 is 24.2 Å². The zero-order chi connectivity index (χ0) is 28.1. The van der Waals surface area contributed by atoms with Crippen LogP contribution in [0, 0.1) is 6.92 Å². The number of esters is 1. The van der Waals surface area contributed by atoms with Crippen molar-refractivity contribution in [1.82, 2.24) is 0 Å². The van der Waals surface area contributed by atoms with E-state index in [4.69, 9.17) is 21.1 Å². The highest BCUT2D eigenvalue weighted by molar-refractivity contribution is 9.11. The first-order valence-corrected chi connectivity index (χ1v) is 14.5. The molecule has 6 nitrogen and oxygen atoms in total. The predicted molar refractivity (Wildman–Crippen MR) is 162 cm³/mol. The Morgan fingerprint density at radius 1 is 1.08 bits per heavy atom. The van der Waals surface area contributed by atoms with Gasteiger partial charge in [0, 0.05) is 10.6 Å². The third-order valence-corrected chi connectivity index (χ3v) is 8.01. The molecule has 3 aromatic carbocycles. The highest BCUT2D eigenvalue weighted by Crippen LogP contribution is 2.41. The third-order valence-electron chi connectivity index (χ3n) is 5.56. The van der Waals surface area contributed by atoms with E-state index < -0.39 is 11.9 Å². The fraction of sp³-hybridized carbons (Fsp3) is 0.138. The molecule has 10 heteroatoms. The number of carbonyl (C=O) groups excluding carboxylic acids is 2. The van der Waals surface area contributed by atoms with Gasteiger partial charge in [-0.15, -0.1) is 0 Å². The summed E-state index contributed by atoms with van der Waals surface area (Å²) in [6.07, 6.45) is 1.69. The van der Waals surface area contributed by atoms with Crippen LogP contribution in [0.25, 0.3) is 6.08 Å². The molecular formula is C29H22Br2ClNO5S. The second-order valence-corrected chi connectivity index (χ2v) is 11.5. The Balaban J connectivity index is 1.63. The fourth-order valence-electron chi connectivity index (χ4n) is 3.65. The van der Waals surface area contributed by atoms with Gasteiger partial charge in [0.05, 0.1) is 20.5 Å². The summed E-state index contributed by atoms with van der Waals surface area (Å²) in [4.78, 5) is 30.1. The van der Waals surface area contributed by atoms with Gasteiger partial charge in [0.2, 0.25) is 0 Å². The molecule has 0 aliphatic carbocycles. The molecule has 0 spiro atoms. The highest BCUT2D eigenvalue weighted by atomic mass is 79.9. The van der Waals surface area contributed by atoms with Crippen molar-refractivity contribution >= 4 is 78.2 Å². The van der Waals surface area contributed by atoms with Gasteiger partial charge in [-0.1, -0.05) is 53.7 Å². The van der Waals surface area contributed by atoms with E-state index in [1.807, 2.05) is 30.3 Å². The lowest BCUT2D eigenvalue weighted by Crippen LogP contribution is -2.14. The molecule has 1 aliphatic rings. The van der Waals surface area contributed by atoms with Crippen LogP contribution in [-0.2, 0) is 16.1 Å². The van der Waals surface area contributed by atoms with Gasteiger partial charge in [0.1, 0.15) is 28.7 Å². The molecule has 1 N–H and O–H groups in total. The molecule has 1 aliphatic heterocycles. The van der Waals surface area contributed by atoms with E-state index in [0.717, 1.165) is 22.9 Å². The number of carbonyl (C=O) groups is 2. The van der Waals surface area contributed by atoms with Crippen LogP contribution in [0.15, 0.2) is 90.8 Å². The Kier molecular flexibility index (Phi) is 9.71. The molecule has 0 bridgehead atoms. The number of halogens is 3. The summed E-state index contributed by atoms with van der Waals surface area (Å²) in [5, 5.41) is 11.7. The minimum atomic E-state index is -0.754. The average molecular weight is 692 g/mol. The summed E-state index contributed by atoms with van der Waals surface area (Å²) in [5.41, 5.74) is 2.69. The Hall–Kier alpha value is -2.85. The number of hydrogen-bond acceptors (Lipinski definition) is 6. The number of aryl methyl sites for hydroxylation is 1.